The predicted molar refractivity (Wildman–Crippen MR) is 76.5 cm³/mol. The summed E-state index contributed by atoms with van der Waals surface area (Å²) >= 11 is 0. The zero-order valence-corrected chi connectivity index (χ0v) is 11.4. The Morgan fingerprint density at radius 1 is 1.21 bits per heavy atom. The van der Waals surface area contributed by atoms with Gasteiger partial charge in [0.2, 0.25) is 0 Å². The van der Waals surface area contributed by atoms with Crippen molar-refractivity contribution in [2.75, 3.05) is 6.61 Å². The van der Waals surface area contributed by atoms with E-state index in [1.165, 1.54) is 27.8 Å². The second-order valence-electron chi connectivity index (χ2n) is 5.13. The van der Waals surface area contributed by atoms with Gasteiger partial charge in [-0.1, -0.05) is 18.2 Å². The van der Waals surface area contributed by atoms with E-state index in [0.717, 1.165) is 24.3 Å². The van der Waals surface area contributed by atoms with Crippen molar-refractivity contribution in [1.29, 1.82) is 0 Å². The minimum atomic E-state index is 0.0833. The normalized spacial score (nSPS) is 13.2. The highest BCUT2D eigenvalue weighted by Crippen LogP contribution is 2.37. The number of aryl methyl sites for hydroxylation is 1. The highest BCUT2D eigenvalue weighted by atomic mass is 16.5. The highest BCUT2D eigenvalue weighted by Gasteiger charge is 2.19. The minimum absolute atomic E-state index is 0.0833. The van der Waals surface area contributed by atoms with Crippen LogP contribution < -0.4 is 4.74 Å². The standard InChI is InChI=1S/C17H18O2/c1-11-8-16-15(6-7-19-16)12(2)17(11)14-5-3-4-13(9-14)10-18/h3-5,8-9,18H,6-7,10H2,1-2H3. The first-order valence-electron chi connectivity index (χ1n) is 6.66. The van der Waals surface area contributed by atoms with Crippen molar-refractivity contribution in [3.05, 3.63) is 52.6 Å². The van der Waals surface area contributed by atoms with Crippen molar-refractivity contribution < 1.29 is 9.84 Å². The molecule has 3 rings (SSSR count). The zero-order valence-electron chi connectivity index (χ0n) is 11.4. The van der Waals surface area contributed by atoms with Crippen LogP contribution >= 0.6 is 0 Å². The largest absolute Gasteiger partial charge is 0.493 e. The molecule has 1 aliphatic rings. The number of aliphatic hydroxyl groups excluding tert-OH is 1. The lowest BCUT2D eigenvalue weighted by Gasteiger charge is -2.14. The summed E-state index contributed by atoms with van der Waals surface area (Å²) in [6.07, 6.45) is 0.994. The smallest absolute Gasteiger partial charge is 0.123 e. The fourth-order valence-corrected chi connectivity index (χ4v) is 2.96. The Morgan fingerprint density at radius 3 is 2.84 bits per heavy atom. The van der Waals surface area contributed by atoms with Crippen molar-refractivity contribution in [3.8, 4) is 16.9 Å². The van der Waals surface area contributed by atoms with Crippen LogP contribution in [0.15, 0.2) is 30.3 Å². The van der Waals surface area contributed by atoms with Crippen LogP contribution in [0, 0.1) is 13.8 Å². The lowest BCUT2D eigenvalue weighted by Crippen LogP contribution is -1.94. The predicted octanol–water partition coefficient (Wildman–Crippen LogP) is 3.40. The van der Waals surface area contributed by atoms with Crippen molar-refractivity contribution in [2.45, 2.75) is 26.9 Å². The van der Waals surface area contributed by atoms with E-state index in [0.29, 0.717) is 0 Å². The van der Waals surface area contributed by atoms with Gasteiger partial charge in [-0.05, 0) is 53.8 Å². The molecule has 0 radical (unpaired) electrons. The van der Waals surface area contributed by atoms with E-state index >= 15 is 0 Å². The molecule has 0 aliphatic carbocycles. The summed E-state index contributed by atoms with van der Waals surface area (Å²) in [5.74, 6) is 1.04. The molecule has 0 spiro atoms. The van der Waals surface area contributed by atoms with E-state index in [-0.39, 0.29) is 6.61 Å². The molecule has 0 fully saturated rings. The van der Waals surface area contributed by atoms with E-state index in [4.69, 9.17) is 4.74 Å². The zero-order chi connectivity index (χ0) is 13.4. The highest BCUT2D eigenvalue weighted by molar-refractivity contribution is 5.74. The molecule has 0 saturated heterocycles. The van der Waals surface area contributed by atoms with Crippen LogP contribution in [-0.4, -0.2) is 11.7 Å². The summed E-state index contributed by atoms with van der Waals surface area (Å²) in [5, 5.41) is 9.28. The number of aliphatic hydroxyl groups is 1. The molecule has 2 heteroatoms. The fraction of sp³-hybridized carbons (Fsp3) is 0.294. The molecule has 0 aromatic heterocycles. The van der Waals surface area contributed by atoms with Crippen molar-refractivity contribution >= 4 is 0 Å². The van der Waals surface area contributed by atoms with Gasteiger partial charge >= 0.3 is 0 Å². The van der Waals surface area contributed by atoms with E-state index in [1.54, 1.807) is 0 Å². The SMILES string of the molecule is Cc1cc2c(c(C)c1-c1cccc(CO)c1)CCO2. The summed E-state index contributed by atoms with van der Waals surface area (Å²) in [6, 6.07) is 10.3. The van der Waals surface area contributed by atoms with Gasteiger partial charge in [-0.2, -0.15) is 0 Å². The van der Waals surface area contributed by atoms with Crippen LogP contribution in [0.3, 0.4) is 0 Å². The Morgan fingerprint density at radius 2 is 2.05 bits per heavy atom. The maximum atomic E-state index is 9.28. The Balaban J connectivity index is 2.19. The molecule has 2 aromatic carbocycles. The van der Waals surface area contributed by atoms with Crippen LogP contribution in [0.5, 0.6) is 5.75 Å². The van der Waals surface area contributed by atoms with Gasteiger partial charge in [0, 0.05) is 12.0 Å². The molecule has 0 bridgehead atoms. The summed E-state index contributed by atoms with van der Waals surface area (Å²) in [4.78, 5) is 0. The third kappa shape index (κ3) is 2.02. The van der Waals surface area contributed by atoms with Gasteiger partial charge in [-0.3, -0.25) is 0 Å². The summed E-state index contributed by atoms with van der Waals surface area (Å²) in [5.41, 5.74) is 7.27. The van der Waals surface area contributed by atoms with Gasteiger partial charge in [0.1, 0.15) is 5.75 Å². The molecule has 1 aliphatic heterocycles. The molecule has 0 atom stereocenters. The first kappa shape index (κ1) is 12.2. The van der Waals surface area contributed by atoms with Gasteiger partial charge in [0.15, 0.2) is 0 Å². The van der Waals surface area contributed by atoms with Crippen LogP contribution in [0.4, 0.5) is 0 Å². The number of hydrogen-bond acceptors (Lipinski definition) is 2. The topological polar surface area (TPSA) is 29.5 Å². The molecule has 98 valence electrons. The summed E-state index contributed by atoms with van der Waals surface area (Å²) in [6.45, 7) is 5.16. The van der Waals surface area contributed by atoms with Crippen molar-refractivity contribution in [3.63, 3.8) is 0 Å². The number of hydrogen-bond donors (Lipinski definition) is 1. The molecular formula is C17H18O2. The van der Waals surface area contributed by atoms with Crippen LogP contribution in [-0.2, 0) is 13.0 Å². The third-order valence-electron chi connectivity index (χ3n) is 3.87. The lowest BCUT2D eigenvalue weighted by molar-refractivity contribution is 0.282. The number of rotatable bonds is 2. The van der Waals surface area contributed by atoms with Gasteiger partial charge in [0.05, 0.1) is 13.2 Å². The third-order valence-corrected chi connectivity index (χ3v) is 3.87. The maximum Gasteiger partial charge on any atom is 0.123 e. The maximum absolute atomic E-state index is 9.28. The molecular weight excluding hydrogens is 236 g/mol. The monoisotopic (exact) mass is 254 g/mol. The molecule has 1 N–H and O–H groups in total. The average Bonchev–Trinajstić information content (AvgIpc) is 2.87. The van der Waals surface area contributed by atoms with Crippen LogP contribution in [0.1, 0.15) is 22.3 Å². The molecule has 19 heavy (non-hydrogen) atoms. The van der Waals surface area contributed by atoms with Gasteiger partial charge in [-0.25, -0.2) is 0 Å². The second-order valence-corrected chi connectivity index (χ2v) is 5.13. The Bertz CT molecular complexity index is 629. The Kier molecular flexibility index (Phi) is 3.03. The molecule has 0 amide bonds. The van der Waals surface area contributed by atoms with Crippen molar-refractivity contribution in [1.82, 2.24) is 0 Å². The van der Waals surface area contributed by atoms with Crippen LogP contribution in [0.25, 0.3) is 11.1 Å². The lowest BCUT2D eigenvalue weighted by atomic mass is 9.90. The molecule has 0 unspecified atom stereocenters. The van der Waals surface area contributed by atoms with E-state index in [2.05, 4.69) is 32.0 Å². The molecule has 0 saturated carbocycles. The number of benzene rings is 2. The second kappa shape index (κ2) is 4.71. The van der Waals surface area contributed by atoms with Gasteiger partial charge < -0.3 is 9.84 Å². The van der Waals surface area contributed by atoms with Crippen LogP contribution in [0.2, 0.25) is 0 Å². The van der Waals surface area contributed by atoms with Gasteiger partial charge in [0.25, 0.3) is 0 Å². The number of ether oxygens (including phenoxy) is 1. The van der Waals surface area contributed by atoms with E-state index in [1.807, 2.05) is 12.1 Å². The fourth-order valence-electron chi connectivity index (χ4n) is 2.96. The first-order valence-corrected chi connectivity index (χ1v) is 6.66. The Labute approximate surface area is 113 Å². The Hall–Kier alpha value is -1.80. The number of fused-ring (bicyclic) bond motifs is 1. The molecule has 2 aromatic rings. The molecule has 1 heterocycles. The summed E-state index contributed by atoms with van der Waals surface area (Å²) in [7, 11) is 0. The average molecular weight is 254 g/mol. The minimum Gasteiger partial charge on any atom is -0.493 e. The van der Waals surface area contributed by atoms with E-state index < -0.39 is 0 Å². The molecule has 2 nitrogen and oxygen atoms in total. The van der Waals surface area contributed by atoms with Crippen molar-refractivity contribution in [2.24, 2.45) is 0 Å². The quantitative estimate of drug-likeness (QED) is 0.890. The van der Waals surface area contributed by atoms with Gasteiger partial charge in [-0.15, -0.1) is 0 Å². The first-order chi connectivity index (χ1) is 9.20. The van der Waals surface area contributed by atoms with E-state index in [9.17, 15) is 5.11 Å². The summed E-state index contributed by atoms with van der Waals surface area (Å²) < 4.78 is 5.66.